The van der Waals surface area contributed by atoms with E-state index in [0.29, 0.717) is 12.1 Å². The molecule has 0 saturated heterocycles. The Hall–Kier alpha value is -3.48. The number of nitrogens with one attached hydrogen (secondary N) is 1. The first-order valence-corrected chi connectivity index (χ1v) is 8.13. The molecule has 1 N–H and O–H groups in total. The van der Waals surface area contributed by atoms with Crippen LogP contribution in [0.2, 0.25) is 0 Å². The first kappa shape index (κ1) is 17.3. The number of nitro benzene ring substituents is 1. The summed E-state index contributed by atoms with van der Waals surface area (Å²) in [5.74, 6) is -0.559. The van der Waals surface area contributed by atoms with E-state index >= 15 is 0 Å². The van der Waals surface area contributed by atoms with Crippen LogP contribution in [0.4, 0.5) is 11.4 Å². The Labute approximate surface area is 150 Å². The standard InChI is InChI=1S/C19H17N3O4/c23-18(10-7-14-5-8-16(9-6-14)22(25)26)20-13-19(24)21-12-11-15-3-1-2-4-17(15)21/h1-10H,11-13H2,(H,20,23)/b10-7+. The van der Waals surface area contributed by atoms with Crippen molar-refractivity contribution in [1.29, 1.82) is 0 Å². The fraction of sp³-hybridized carbons (Fsp3) is 0.158. The molecule has 2 amide bonds. The number of hydrogen-bond acceptors (Lipinski definition) is 4. The van der Waals surface area contributed by atoms with Crippen LogP contribution in [0.15, 0.2) is 54.6 Å². The lowest BCUT2D eigenvalue weighted by atomic mass is 10.2. The number of rotatable bonds is 5. The van der Waals surface area contributed by atoms with Crippen molar-refractivity contribution >= 4 is 29.3 Å². The van der Waals surface area contributed by atoms with Crippen molar-refractivity contribution in [1.82, 2.24) is 5.32 Å². The molecule has 1 heterocycles. The maximum atomic E-state index is 12.3. The van der Waals surface area contributed by atoms with Crippen molar-refractivity contribution in [3.8, 4) is 0 Å². The molecule has 0 unspecified atom stereocenters. The molecule has 26 heavy (non-hydrogen) atoms. The molecule has 0 saturated carbocycles. The molecule has 3 rings (SSSR count). The summed E-state index contributed by atoms with van der Waals surface area (Å²) in [4.78, 5) is 36.0. The first-order chi connectivity index (χ1) is 12.5. The summed E-state index contributed by atoms with van der Waals surface area (Å²) >= 11 is 0. The molecule has 7 nitrogen and oxygen atoms in total. The Morgan fingerprint density at radius 3 is 2.62 bits per heavy atom. The Morgan fingerprint density at radius 2 is 1.88 bits per heavy atom. The number of benzene rings is 2. The van der Waals surface area contributed by atoms with Crippen molar-refractivity contribution < 1.29 is 14.5 Å². The lowest BCUT2D eigenvalue weighted by molar-refractivity contribution is -0.384. The number of nitro groups is 1. The SMILES string of the molecule is O=C(/C=C/c1ccc([N+](=O)[O-])cc1)NCC(=O)N1CCc2ccccc21. The van der Waals surface area contributed by atoms with Crippen molar-refractivity contribution in [3.05, 3.63) is 75.8 Å². The zero-order valence-corrected chi connectivity index (χ0v) is 13.9. The normalized spacial score (nSPS) is 12.8. The van der Waals surface area contributed by atoms with Crippen LogP contribution in [-0.2, 0) is 16.0 Å². The Kier molecular flexibility index (Phi) is 5.07. The third-order valence-electron chi connectivity index (χ3n) is 4.13. The minimum atomic E-state index is -0.484. The van der Waals surface area contributed by atoms with Gasteiger partial charge in [0.15, 0.2) is 0 Å². The molecular formula is C19H17N3O4. The van der Waals surface area contributed by atoms with E-state index in [1.807, 2.05) is 24.3 Å². The molecule has 2 aromatic rings. The molecule has 132 valence electrons. The van der Waals surface area contributed by atoms with Crippen molar-refractivity contribution in [2.75, 3.05) is 18.0 Å². The van der Waals surface area contributed by atoms with E-state index in [1.165, 1.54) is 24.3 Å². The average molecular weight is 351 g/mol. The lowest BCUT2D eigenvalue weighted by Crippen LogP contribution is -2.38. The fourth-order valence-electron chi connectivity index (χ4n) is 2.79. The first-order valence-electron chi connectivity index (χ1n) is 8.13. The summed E-state index contributed by atoms with van der Waals surface area (Å²) in [6.45, 7) is 0.532. The van der Waals surface area contributed by atoms with E-state index in [2.05, 4.69) is 5.32 Å². The molecule has 0 bridgehead atoms. The van der Waals surface area contributed by atoms with Crippen LogP contribution in [-0.4, -0.2) is 29.8 Å². The van der Waals surface area contributed by atoms with Crippen LogP contribution in [0.25, 0.3) is 6.08 Å². The van der Waals surface area contributed by atoms with E-state index in [0.717, 1.165) is 17.7 Å². The highest BCUT2D eigenvalue weighted by atomic mass is 16.6. The van der Waals surface area contributed by atoms with Gasteiger partial charge in [0, 0.05) is 30.4 Å². The highest BCUT2D eigenvalue weighted by molar-refractivity contribution is 6.00. The second kappa shape index (κ2) is 7.60. The van der Waals surface area contributed by atoms with Gasteiger partial charge in [0.05, 0.1) is 11.5 Å². The maximum Gasteiger partial charge on any atom is 0.269 e. The van der Waals surface area contributed by atoms with Gasteiger partial charge in [-0.1, -0.05) is 18.2 Å². The van der Waals surface area contributed by atoms with Crippen LogP contribution in [0.1, 0.15) is 11.1 Å². The number of fused-ring (bicyclic) bond motifs is 1. The number of anilines is 1. The number of hydrogen-bond donors (Lipinski definition) is 1. The van der Waals surface area contributed by atoms with Gasteiger partial charge < -0.3 is 10.2 Å². The van der Waals surface area contributed by atoms with Gasteiger partial charge in [-0.15, -0.1) is 0 Å². The van der Waals surface area contributed by atoms with E-state index in [4.69, 9.17) is 0 Å². The molecule has 0 spiro atoms. The van der Waals surface area contributed by atoms with Gasteiger partial charge in [-0.3, -0.25) is 19.7 Å². The van der Waals surface area contributed by atoms with Crippen LogP contribution in [0.5, 0.6) is 0 Å². The minimum Gasteiger partial charge on any atom is -0.343 e. The van der Waals surface area contributed by atoms with E-state index in [9.17, 15) is 19.7 Å². The third-order valence-corrected chi connectivity index (χ3v) is 4.13. The number of para-hydroxylation sites is 1. The summed E-state index contributed by atoms with van der Waals surface area (Å²) < 4.78 is 0. The Morgan fingerprint density at radius 1 is 1.15 bits per heavy atom. The molecule has 0 atom stereocenters. The highest BCUT2D eigenvalue weighted by Gasteiger charge is 2.23. The van der Waals surface area contributed by atoms with E-state index in [-0.39, 0.29) is 18.1 Å². The van der Waals surface area contributed by atoms with Crippen molar-refractivity contribution in [2.24, 2.45) is 0 Å². The average Bonchev–Trinajstić information content (AvgIpc) is 3.09. The second-order valence-corrected chi connectivity index (χ2v) is 5.82. The lowest BCUT2D eigenvalue weighted by Gasteiger charge is -2.17. The smallest absolute Gasteiger partial charge is 0.269 e. The number of amides is 2. The van der Waals surface area contributed by atoms with Gasteiger partial charge in [-0.05, 0) is 41.8 Å². The van der Waals surface area contributed by atoms with Gasteiger partial charge in [-0.25, -0.2) is 0 Å². The Balaban J connectivity index is 1.52. The largest absolute Gasteiger partial charge is 0.343 e. The molecule has 2 aromatic carbocycles. The third kappa shape index (κ3) is 3.94. The van der Waals surface area contributed by atoms with E-state index in [1.54, 1.807) is 17.0 Å². The number of carbonyl (C=O) groups excluding carboxylic acids is 2. The van der Waals surface area contributed by atoms with E-state index < -0.39 is 10.8 Å². The second-order valence-electron chi connectivity index (χ2n) is 5.82. The minimum absolute atomic E-state index is 0.0110. The zero-order chi connectivity index (χ0) is 18.5. The predicted molar refractivity (Wildman–Crippen MR) is 97.6 cm³/mol. The molecule has 0 aromatic heterocycles. The van der Waals surface area contributed by atoms with Crippen molar-refractivity contribution in [3.63, 3.8) is 0 Å². The summed E-state index contributed by atoms with van der Waals surface area (Å²) in [6, 6.07) is 13.6. The van der Waals surface area contributed by atoms with Crippen LogP contribution in [0.3, 0.4) is 0 Å². The Bertz CT molecular complexity index is 875. The molecular weight excluding hydrogens is 334 g/mol. The molecule has 1 aliphatic rings. The predicted octanol–water partition coefficient (Wildman–Crippen LogP) is 2.31. The maximum absolute atomic E-state index is 12.3. The fourth-order valence-corrected chi connectivity index (χ4v) is 2.79. The summed E-state index contributed by atoms with van der Waals surface area (Å²) in [7, 11) is 0. The van der Waals surface area contributed by atoms with Crippen molar-refractivity contribution in [2.45, 2.75) is 6.42 Å². The van der Waals surface area contributed by atoms with Gasteiger partial charge in [0.1, 0.15) is 0 Å². The number of nitrogens with zero attached hydrogens (tertiary/aromatic N) is 2. The molecule has 0 radical (unpaired) electrons. The van der Waals surface area contributed by atoms with Crippen LogP contribution < -0.4 is 10.2 Å². The molecule has 0 aliphatic carbocycles. The molecule has 0 fully saturated rings. The van der Waals surface area contributed by atoms with Gasteiger partial charge in [-0.2, -0.15) is 0 Å². The summed E-state index contributed by atoms with van der Waals surface area (Å²) in [5, 5.41) is 13.2. The van der Waals surface area contributed by atoms with Gasteiger partial charge in [0.25, 0.3) is 5.69 Å². The highest BCUT2D eigenvalue weighted by Crippen LogP contribution is 2.27. The number of non-ortho nitro benzene ring substituents is 1. The quantitative estimate of drug-likeness (QED) is 0.508. The van der Waals surface area contributed by atoms with Crippen LogP contribution in [0, 0.1) is 10.1 Å². The van der Waals surface area contributed by atoms with Gasteiger partial charge >= 0.3 is 0 Å². The zero-order valence-electron chi connectivity index (χ0n) is 13.9. The molecule has 1 aliphatic heterocycles. The van der Waals surface area contributed by atoms with Gasteiger partial charge in [0.2, 0.25) is 11.8 Å². The summed E-state index contributed by atoms with van der Waals surface area (Å²) in [6.07, 6.45) is 3.65. The summed E-state index contributed by atoms with van der Waals surface area (Å²) in [5.41, 5.74) is 2.67. The molecule has 7 heteroatoms. The monoisotopic (exact) mass is 351 g/mol. The topological polar surface area (TPSA) is 92.5 Å². The number of carbonyl (C=O) groups is 2. The van der Waals surface area contributed by atoms with Crippen LogP contribution >= 0.6 is 0 Å².